The van der Waals surface area contributed by atoms with Crippen molar-refractivity contribution in [1.82, 2.24) is 26.1 Å². The summed E-state index contributed by atoms with van der Waals surface area (Å²) in [5.74, 6) is -0.566. The van der Waals surface area contributed by atoms with Gasteiger partial charge in [-0.3, -0.25) is 24.4 Å². The molecule has 1 aromatic heterocycles. The van der Waals surface area contributed by atoms with Crippen molar-refractivity contribution >= 4 is 34.6 Å². The van der Waals surface area contributed by atoms with Gasteiger partial charge in [-0.05, 0) is 61.8 Å². The number of nitrogens with zero attached hydrogens (tertiary/aromatic N) is 2. The Balaban J connectivity index is 1.64. The lowest BCUT2D eigenvalue weighted by Crippen LogP contribution is -2.61. The Morgan fingerprint density at radius 1 is 1.05 bits per heavy atom. The van der Waals surface area contributed by atoms with Gasteiger partial charge in [0.1, 0.15) is 12.1 Å². The molecule has 3 heterocycles. The van der Waals surface area contributed by atoms with Crippen LogP contribution in [0.2, 0.25) is 0 Å². The van der Waals surface area contributed by atoms with Crippen LogP contribution in [-0.4, -0.2) is 52.4 Å². The van der Waals surface area contributed by atoms with Crippen molar-refractivity contribution in [3.63, 3.8) is 0 Å². The number of hydrogen-bond donors (Lipinski definition) is 3. The van der Waals surface area contributed by atoms with Crippen LogP contribution in [0, 0.1) is 5.92 Å². The lowest BCUT2D eigenvalue weighted by atomic mass is 10.0. The summed E-state index contributed by atoms with van der Waals surface area (Å²) in [5.41, 5.74) is 4.81. The number of rotatable bonds is 1. The van der Waals surface area contributed by atoms with E-state index in [1.54, 1.807) is 6.92 Å². The molecule has 3 amide bonds. The fourth-order valence-electron chi connectivity index (χ4n) is 4.69. The molecule has 3 N–H and O–H groups in total. The second kappa shape index (κ2) is 11.8. The first-order valence-electron chi connectivity index (χ1n) is 13.2. The van der Waals surface area contributed by atoms with Gasteiger partial charge in [-0.2, -0.15) is 0 Å². The normalized spacial score (nSPS) is 26.6. The standard InChI is InChI=1S/C29H37N5O4/c1-17(2)26-28(36)32-20(5)29(37)34-13-7-10-25(33-34)27(35)31-19(4)21-11-12-22-16-30-24(15-23(22)14-21)9-6-8-18(3)38-26/h6,9,11-12,14-17,19-20,25-26,33H,3,7-8,10,13H2,1-2,4-5H3,(H,31,35)(H,32,36)/b9-6+/t19-,20+,25+,26+/m1/s1. The van der Waals surface area contributed by atoms with E-state index in [2.05, 4.69) is 33.7 Å². The highest BCUT2D eigenvalue weighted by atomic mass is 16.5. The van der Waals surface area contributed by atoms with E-state index in [-0.39, 0.29) is 29.7 Å². The fourth-order valence-corrected chi connectivity index (χ4v) is 4.69. The summed E-state index contributed by atoms with van der Waals surface area (Å²) in [6.45, 7) is 11.8. The van der Waals surface area contributed by atoms with E-state index in [1.807, 2.05) is 57.3 Å². The SMILES string of the molecule is C=C1C/C=C/c2cc3cc(ccc3cn2)[C@@H](C)NC(=O)[C@@H]2CCCN(N2)C(=O)[C@H](C)NC(=O)[C@H](C(C)C)O1. The smallest absolute Gasteiger partial charge is 0.261 e. The molecule has 0 aliphatic carbocycles. The Bertz CT molecular complexity index is 1260. The molecular weight excluding hydrogens is 482 g/mol. The molecule has 2 aliphatic rings. The molecule has 0 radical (unpaired) electrons. The molecule has 1 fully saturated rings. The molecule has 2 aromatic rings. The minimum absolute atomic E-state index is 0.140. The Labute approximate surface area is 223 Å². The number of aromatic nitrogens is 1. The molecule has 0 spiro atoms. The van der Waals surface area contributed by atoms with E-state index in [1.165, 1.54) is 5.01 Å². The van der Waals surface area contributed by atoms with E-state index in [0.29, 0.717) is 31.6 Å². The number of nitrogens with one attached hydrogen (secondary N) is 3. The number of carbonyl (C=O) groups excluding carboxylic acids is 3. The fraction of sp³-hybridized carbons (Fsp3) is 0.448. The van der Waals surface area contributed by atoms with Crippen molar-refractivity contribution in [2.45, 2.75) is 71.2 Å². The van der Waals surface area contributed by atoms with Crippen LogP contribution in [0.15, 0.2) is 48.9 Å². The quantitative estimate of drug-likeness (QED) is 0.533. The molecular formula is C29H37N5O4. The second-order valence-corrected chi connectivity index (χ2v) is 10.4. The van der Waals surface area contributed by atoms with Crippen molar-refractivity contribution < 1.29 is 19.1 Å². The first-order chi connectivity index (χ1) is 18.1. The van der Waals surface area contributed by atoms with E-state index in [4.69, 9.17) is 4.74 Å². The molecule has 202 valence electrons. The summed E-state index contributed by atoms with van der Waals surface area (Å²) < 4.78 is 5.92. The van der Waals surface area contributed by atoms with Gasteiger partial charge in [0.15, 0.2) is 6.10 Å². The zero-order chi connectivity index (χ0) is 27.4. The van der Waals surface area contributed by atoms with Crippen molar-refractivity contribution in [2.75, 3.05) is 6.54 Å². The summed E-state index contributed by atoms with van der Waals surface area (Å²) in [7, 11) is 0. The Hall–Kier alpha value is -3.72. The maximum atomic E-state index is 13.1. The van der Waals surface area contributed by atoms with Crippen molar-refractivity contribution in [3.8, 4) is 0 Å². The number of pyridine rings is 1. The van der Waals surface area contributed by atoms with Gasteiger partial charge >= 0.3 is 0 Å². The molecule has 0 unspecified atom stereocenters. The van der Waals surface area contributed by atoms with E-state index < -0.39 is 18.2 Å². The third-order valence-electron chi connectivity index (χ3n) is 6.92. The van der Waals surface area contributed by atoms with E-state index in [9.17, 15) is 14.4 Å². The largest absolute Gasteiger partial charge is 0.485 e. The van der Waals surface area contributed by atoms with Gasteiger partial charge in [-0.1, -0.05) is 38.6 Å². The van der Waals surface area contributed by atoms with Gasteiger partial charge in [0.25, 0.3) is 11.8 Å². The zero-order valence-corrected chi connectivity index (χ0v) is 22.5. The van der Waals surface area contributed by atoms with Gasteiger partial charge in [0.2, 0.25) is 5.91 Å². The predicted molar refractivity (Wildman–Crippen MR) is 146 cm³/mol. The first kappa shape index (κ1) is 27.3. The van der Waals surface area contributed by atoms with Crippen molar-refractivity contribution in [2.24, 2.45) is 5.92 Å². The third-order valence-corrected chi connectivity index (χ3v) is 6.92. The highest BCUT2D eigenvalue weighted by Crippen LogP contribution is 2.22. The average molecular weight is 520 g/mol. The zero-order valence-electron chi connectivity index (χ0n) is 22.5. The Kier molecular flexibility index (Phi) is 8.46. The number of ether oxygens (including phenoxy) is 1. The van der Waals surface area contributed by atoms with Crippen molar-refractivity contribution in [1.29, 1.82) is 0 Å². The maximum Gasteiger partial charge on any atom is 0.261 e. The lowest BCUT2D eigenvalue weighted by molar-refractivity contribution is -0.145. The molecule has 1 saturated heterocycles. The molecule has 4 atom stereocenters. The molecule has 9 nitrogen and oxygen atoms in total. The van der Waals surface area contributed by atoms with E-state index in [0.717, 1.165) is 22.0 Å². The number of hydrazine groups is 1. The number of allylic oxidation sites excluding steroid dienone is 1. The average Bonchev–Trinajstić information content (AvgIpc) is 2.90. The lowest BCUT2D eigenvalue weighted by Gasteiger charge is -2.35. The minimum Gasteiger partial charge on any atom is -0.485 e. The van der Waals surface area contributed by atoms with Crippen LogP contribution in [0.3, 0.4) is 0 Å². The molecule has 1 aromatic carbocycles. The highest BCUT2D eigenvalue weighted by molar-refractivity contribution is 5.90. The topological polar surface area (TPSA) is 113 Å². The predicted octanol–water partition coefficient (Wildman–Crippen LogP) is 3.38. The number of amides is 3. The molecule has 5 bridgehead atoms. The summed E-state index contributed by atoms with van der Waals surface area (Å²) in [6.07, 6.45) is 6.49. The van der Waals surface area contributed by atoms with Crippen LogP contribution < -0.4 is 16.1 Å². The summed E-state index contributed by atoms with van der Waals surface area (Å²) in [4.78, 5) is 43.8. The molecule has 4 rings (SSSR count). The number of benzene rings is 1. The second-order valence-electron chi connectivity index (χ2n) is 10.4. The van der Waals surface area contributed by atoms with Crippen LogP contribution in [0.25, 0.3) is 16.8 Å². The first-order valence-corrected chi connectivity index (χ1v) is 13.2. The maximum absolute atomic E-state index is 13.1. The van der Waals surface area contributed by atoms with Crippen LogP contribution in [0.5, 0.6) is 0 Å². The van der Waals surface area contributed by atoms with Gasteiger partial charge in [-0.25, -0.2) is 5.43 Å². The van der Waals surface area contributed by atoms with Gasteiger partial charge in [-0.15, -0.1) is 0 Å². The van der Waals surface area contributed by atoms with Crippen molar-refractivity contribution in [3.05, 3.63) is 60.1 Å². The number of fused-ring (bicyclic) bond motifs is 4. The molecule has 38 heavy (non-hydrogen) atoms. The van der Waals surface area contributed by atoms with Crippen LogP contribution in [0.1, 0.15) is 64.3 Å². The Morgan fingerprint density at radius 2 is 1.82 bits per heavy atom. The van der Waals surface area contributed by atoms with Gasteiger partial charge in [0.05, 0.1) is 17.5 Å². The van der Waals surface area contributed by atoms with Gasteiger partial charge in [0, 0.05) is 24.5 Å². The number of hydrogen-bond acceptors (Lipinski definition) is 6. The van der Waals surface area contributed by atoms with Crippen LogP contribution in [0.4, 0.5) is 0 Å². The van der Waals surface area contributed by atoms with Crippen LogP contribution >= 0.6 is 0 Å². The highest BCUT2D eigenvalue weighted by Gasteiger charge is 2.33. The monoisotopic (exact) mass is 519 g/mol. The summed E-state index contributed by atoms with van der Waals surface area (Å²) in [5, 5.41) is 9.30. The summed E-state index contributed by atoms with van der Waals surface area (Å²) in [6, 6.07) is 6.45. The van der Waals surface area contributed by atoms with E-state index >= 15 is 0 Å². The minimum atomic E-state index is -0.799. The molecule has 0 saturated carbocycles. The number of carbonyl (C=O) groups is 3. The molecule has 9 heteroatoms. The van der Waals surface area contributed by atoms with Gasteiger partial charge < -0.3 is 15.4 Å². The van der Waals surface area contributed by atoms with Crippen LogP contribution in [-0.2, 0) is 19.1 Å². The third kappa shape index (κ3) is 6.39. The Morgan fingerprint density at radius 3 is 2.58 bits per heavy atom. The summed E-state index contributed by atoms with van der Waals surface area (Å²) >= 11 is 0. The molecule has 2 aliphatic heterocycles.